The van der Waals surface area contributed by atoms with Gasteiger partial charge in [-0.3, -0.25) is 4.79 Å². The van der Waals surface area contributed by atoms with Gasteiger partial charge >= 0.3 is 0 Å². The van der Waals surface area contributed by atoms with Crippen LogP contribution in [0.15, 0.2) is 54.9 Å². The molecule has 4 nitrogen and oxygen atoms in total. The Morgan fingerprint density at radius 3 is 2.95 bits per heavy atom. The number of carbonyl (C=O) groups excluding carboxylic acids is 1. The Bertz CT molecular complexity index is 746. The van der Waals surface area contributed by atoms with Crippen LogP contribution in [-0.4, -0.2) is 15.5 Å². The second-order valence-electron chi connectivity index (χ2n) is 4.44. The van der Waals surface area contributed by atoms with Crippen LogP contribution in [0, 0.1) is 6.92 Å². The summed E-state index contributed by atoms with van der Waals surface area (Å²) < 4.78 is 1.75. The van der Waals surface area contributed by atoms with Crippen LogP contribution in [0.4, 0.5) is 5.69 Å². The number of carbonyl (C=O) groups is 1. The molecular formula is C15H13N3O. The van der Waals surface area contributed by atoms with E-state index in [4.69, 9.17) is 0 Å². The fourth-order valence-electron chi connectivity index (χ4n) is 1.99. The molecule has 0 bridgehead atoms. The molecule has 4 heteroatoms. The Hall–Kier alpha value is -2.62. The predicted octanol–water partition coefficient (Wildman–Crippen LogP) is 2.90. The summed E-state index contributed by atoms with van der Waals surface area (Å²) in [5.74, 6) is -0.104. The van der Waals surface area contributed by atoms with Crippen LogP contribution in [0.3, 0.4) is 0 Å². The van der Waals surface area contributed by atoms with Crippen molar-refractivity contribution in [1.82, 2.24) is 9.61 Å². The first-order valence-electron chi connectivity index (χ1n) is 6.04. The van der Waals surface area contributed by atoms with Gasteiger partial charge in [0.2, 0.25) is 0 Å². The van der Waals surface area contributed by atoms with E-state index in [-0.39, 0.29) is 5.91 Å². The minimum absolute atomic E-state index is 0.104. The minimum Gasteiger partial charge on any atom is -0.322 e. The topological polar surface area (TPSA) is 46.4 Å². The molecule has 0 spiro atoms. The molecule has 0 aliphatic rings. The van der Waals surface area contributed by atoms with Crippen molar-refractivity contribution in [3.05, 3.63) is 66.0 Å². The molecule has 0 unspecified atom stereocenters. The Morgan fingerprint density at radius 1 is 1.21 bits per heavy atom. The number of anilines is 1. The summed E-state index contributed by atoms with van der Waals surface area (Å²) >= 11 is 0. The molecule has 0 saturated heterocycles. The van der Waals surface area contributed by atoms with E-state index in [1.807, 2.05) is 49.5 Å². The zero-order valence-electron chi connectivity index (χ0n) is 10.5. The van der Waals surface area contributed by atoms with Crippen molar-refractivity contribution >= 4 is 17.1 Å². The number of pyridine rings is 1. The van der Waals surface area contributed by atoms with Gasteiger partial charge < -0.3 is 5.32 Å². The van der Waals surface area contributed by atoms with Gasteiger partial charge in [-0.05, 0) is 37.3 Å². The lowest BCUT2D eigenvalue weighted by atomic mass is 10.1. The zero-order chi connectivity index (χ0) is 13.2. The molecule has 1 N–H and O–H groups in total. The lowest BCUT2D eigenvalue weighted by molar-refractivity contribution is 0.102. The first kappa shape index (κ1) is 11.5. The maximum Gasteiger partial charge on any atom is 0.255 e. The lowest BCUT2D eigenvalue weighted by Crippen LogP contribution is -2.12. The molecule has 2 aromatic heterocycles. The summed E-state index contributed by atoms with van der Waals surface area (Å²) in [4.78, 5) is 12.1. The summed E-state index contributed by atoms with van der Waals surface area (Å²) in [6, 6.07) is 13.1. The van der Waals surface area contributed by atoms with Gasteiger partial charge in [-0.25, -0.2) is 4.52 Å². The van der Waals surface area contributed by atoms with Crippen molar-refractivity contribution in [2.24, 2.45) is 0 Å². The van der Waals surface area contributed by atoms with Gasteiger partial charge in [0, 0.05) is 23.6 Å². The number of rotatable bonds is 2. The largest absolute Gasteiger partial charge is 0.322 e. The standard InChI is InChI=1S/C15H13N3O/c1-11-3-2-4-12(9-11)15(19)17-13-6-8-18-14(10-13)5-7-16-18/h2-10H,1H3,(H,17,19). The highest BCUT2D eigenvalue weighted by Gasteiger charge is 2.06. The molecule has 0 aliphatic heterocycles. The van der Waals surface area contributed by atoms with Crippen LogP contribution in [-0.2, 0) is 0 Å². The van der Waals surface area contributed by atoms with Gasteiger partial charge in [0.05, 0.1) is 5.52 Å². The second kappa shape index (κ2) is 4.57. The van der Waals surface area contributed by atoms with Gasteiger partial charge in [-0.1, -0.05) is 17.7 Å². The van der Waals surface area contributed by atoms with Crippen LogP contribution >= 0.6 is 0 Å². The summed E-state index contributed by atoms with van der Waals surface area (Å²) in [6.07, 6.45) is 3.54. The highest BCUT2D eigenvalue weighted by atomic mass is 16.1. The molecule has 2 heterocycles. The SMILES string of the molecule is Cc1cccc(C(=O)Nc2ccn3nccc3c2)c1. The number of nitrogens with zero attached hydrogens (tertiary/aromatic N) is 2. The van der Waals surface area contributed by atoms with Gasteiger partial charge in [-0.2, -0.15) is 5.10 Å². The molecule has 3 aromatic rings. The quantitative estimate of drug-likeness (QED) is 0.761. The average Bonchev–Trinajstić information content (AvgIpc) is 2.86. The average molecular weight is 251 g/mol. The Kier molecular flexibility index (Phi) is 2.76. The Balaban J connectivity index is 1.86. The number of aryl methyl sites for hydroxylation is 1. The van der Waals surface area contributed by atoms with Crippen molar-refractivity contribution in [1.29, 1.82) is 0 Å². The summed E-state index contributed by atoms with van der Waals surface area (Å²) in [7, 11) is 0. The van der Waals surface area contributed by atoms with Gasteiger partial charge in [0.25, 0.3) is 5.91 Å². The number of aromatic nitrogens is 2. The van der Waals surface area contributed by atoms with E-state index >= 15 is 0 Å². The molecule has 0 radical (unpaired) electrons. The van der Waals surface area contributed by atoms with Crippen molar-refractivity contribution in [2.75, 3.05) is 5.32 Å². The third-order valence-corrected chi connectivity index (χ3v) is 2.94. The third-order valence-electron chi connectivity index (χ3n) is 2.94. The molecule has 0 atom stereocenters. The van der Waals surface area contributed by atoms with Gasteiger partial charge in [0.15, 0.2) is 0 Å². The molecule has 94 valence electrons. The van der Waals surface area contributed by atoms with E-state index in [2.05, 4.69) is 10.4 Å². The first-order valence-corrected chi connectivity index (χ1v) is 6.04. The van der Waals surface area contributed by atoms with Crippen molar-refractivity contribution < 1.29 is 4.79 Å². The number of amides is 1. The van der Waals surface area contributed by atoms with Gasteiger partial charge in [-0.15, -0.1) is 0 Å². The first-order chi connectivity index (χ1) is 9.22. The zero-order valence-corrected chi connectivity index (χ0v) is 10.5. The maximum absolute atomic E-state index is 12.1. The number of fused-ring (bicyclic) bond motifs is 1. The Morgan fingerprint density at radius 2 is 2.11 bits per heavy atom. The van der Waals surface area contributed by atoms with E-state index in [1.165, 1.54) is 0 Å². The van der Waals surface area contributed by atoms with E-state index in [0.717, 1.165) is 16.8 Å². The van der Waals surface area contributed by atoms with Crippen molar-refractivity contribution in [3.63, 3.8) is 0 Å². The number of nitrogens with one attached hydrogen (secondary N) is 1. The summed E-state index contributed by atoms with van der Waals surface area (Å²) in [6.45, 7) is 1.97. The number of hydrogen-bond donors (Lipinski definition) is 1. The fourth-order valence-corrected chi connectivity index (χ4v) is 1.99. The molecule has 0 aliphatic carbocycles. The smallest absolute Gasteiger partial charge is 0.255 e. The number of hydrogen-bond acceptors (Lipinski definition) is 2. The van der Waals surface area contributed by atoms with E-state index in [0.29, 0.717) is 5.56 Å². The van der Waals surface area contributed by atoms with Crippen LogP contribution in [0.25, 0.3) is 5.52 Å². The molecule has 0 fully saturated rings. The molecule has 3 rings (SSSR count). The van der Waals surface area contributed by atoms with Crippen LogP contribution in [0.2, 0.25) is 0 Å². The Labute approximate surface area is 110 Å². The minimum atomic E-state index is -0.104. The third kappa shape index (κ3) is 2.33. The van der Waals surface area contributed by atoms with Gasteiger partial charge in [0.1, 0.15) is 0 Å². The lowest BCUT2D eigenvalue weighted by Gasteiger charge is -2.06. The fraction of sp³-hybridized carbons (Fsp3) is 0.0667. The predicted molar refractivity (Wildman–Crippen MR) is 74.3 cm³/mol. The second-order valence-corrected chi connectivity index (χ2v) is 4.44. The molecule has 19 heavy (non-hydrogen) atoms. The van der Waals surface area contributed by atoms with Crippen LogP contribution < -0.4 is 5.32 Å². The number of benzene rings is 1. The molecular weight excluding hydrogens is 238 g/mol. The van der Waals surface area contributed by atoms with Crippen LogP contribution in [0.1, 0.15) is 15.9 Å². The normalized spacial score (nSPS) is 10.6. The van der Waals surface area contributed by atoms with E-state index in [9.17, 15) is 4.79 Å². The summed E-state index contributed by atoms with van der Waals surface area (Å²) in [5, 5.41) is 7.00. The monoisotopic (exact) mass is 251 g/mol. The molecule has 0 saturated carbocycles. The van der Waals surface area contributed by atoms with Crippen molar-refractivity contribution in [2.45, 2.75) is 6.92 Å². The van der Waals surface area contributed by atoms with E-state index in [1.54, 1.807) is 16.8 Å². The van der Waals surface area contributed by atoms with E-state index < -0.39 is 0 Å². The van der Waals surface area contributed by atoms with Crippen molar-refractivity contribution in [3.8, 4) is 0 Å². The van der Waals surface area contributed by atoms with Crippen LogP contribution in [0.5, 0.6) is 0 Å². The highest BCUT2D eigenvalue weighted by Crippen LogP contribution is 2.13. The maximum atomic E-state index is 12.1. The molecule has 1 amide bonds. The highest BCUT2D eigenvalue weighted by molar-refractivity contribution is 6.04. The molecule has 1 aromatic carbocycles. The summed E-state index contributed by atoms with van der Waals surface area (Å²) in [5.41, 5.74) is 3.44.